The lowest BCUT2D eigenvalue weighted by Gasteiger charge is -2.25. The van der Waals surface area contributed by atoms with E-state index in [2.05, 4.69) is 5.32 Å². The minimum Gasteiger partial charge on any atom is -0.480 e. The molecule has 7 heteroatoms. The van der Waals surface area contributed by atoms with E-state index in [1.54, 1.807) is 13.8 Å². The van der Waals surface area contributed by atoms with Gasteiger partial charge in [0.25, 0.3) is 0 Å². The van der Waals surface area contributed by atoms with Crippen LogP contribution < -0.4 is 11.1 Å². The number of carbonyl (C=O) groups is 3. The van der Waals surface area contributed by atoms with E-state index in [-0.39, 0.29) is 18.5 Å². The number of primary amides is 1. The number of amides is 2. The molecule has 0 fully saturated rings. The quantitative estimate of drug-likeness (QED) is 0.520. The molecule has 0 heterocycles. The van der Waals surface area contributed by atoms with Crippen molar-refractivity contribution in [3.8, 4) is 0 Å². The molecule has 0 spiro atoms. The Hall–Kier alpha value is -1.63. The van der Waals surface area contributed by atoms with Crippen molar-refractivity contribution in [2.24, 2.45) is 5.73 Å². The van der Waals surface area contributed by atoms with Gasteiger partial charge in [-0.2, -0.15) is 0 Å². The highest BCUT2D eigenvalue weighted by Gasteiger charge is 2.24. The number of aliphatic carboxylic acids is 1. The number of rotatable bonds is 7. The van der Waals surface area contributed by atoms with Crippen LogP contribution in [0.25, 0.3) is 0 Å². The van der Waals surface area contributed by atoms with Crippen LogP contribution in [-0.4, -0.2) is 53.0 Å². The van der Waals surface area contributed by atoms with Crippen molar-refractivity contribution in [3.63, 3.8) is 0 Å². The van der Waals surface area contributed by atoms with Gasteiger partial charge in [0.2, 0.25) is 11.8 Å². The smallest absolute Gasteiger partial charge is 0.317 e. The first-order valence-corrected chi connectivity index (χ1v) is 5.28. The standard InChI is InChI=1S/C10H19N3O4/c1-6(2)12-10(17)7(3)13(4-8(11)14)5-9(15)16/h6-7H,4-5H2,1-3H3,(H2,11,14)(H,12,17)(H,15,16). The summed E-state index contributed by atoms with van der Waals surface area (Å²) in [5.74, 6) is -2.12. The lowest BCUT2D eigenvalue weighted by atomic mass is 10.2. The fourth-order valence-corrected chi connectivity index (χ4v) is 1.27. The molecule has 0 rings (SSSR count). The minimum absolute atomic E-state index is 0.0507. The van der Waals surface area contributed by atoms with Gasteiger partial charge in [-0.25, -0.2) is 0 Å². The Morgan fingerprint density at radius 2 is 1.76 bits per heavy atom. The molecule has 0 saturated carbocycles. The molecular weight excluding hydrogens is 226 g/mol. The van der Waals surface area contributed by atoms with Crippen LogP contribution in [0.15, 0.2) is 0 Å². The third-order valence-corrected chi connectivity index (χ3v) is 2.06. The summed E-state index contributed by atoms with van der Waals surface area (Å²) in [6, 6.07) is -0.772. The van der Waals surface area contributed by atoms with Gasteiger partial charge in [0.05, 0.1) is 19.1 Å². The predicted octanol–water partition coefficient (Wildman–Crippen LogP) is -1.23. The normalized spacial score (nSPS) is 12.5. The molecule has 0 aromatic heterocycles. The zero-order chi connectivity index (χ0) is 13.6. The highest BCUT2D eigenvalue weighted by Crippen LogP contribution is 1.99. The SMILES string of the molecule is CC(C)NC(=O)C(C)N(CC(N)=O)CC(=O)O. The van der Waals surface area contributed by atoms with Crippen molar-refractivity contribution in [2.75, 3.05) is 13.1 Å². The molecule has 2 amide bonds. The third-order valence-electron chi connectivity index (χ3n) is 2.06. The summed E-state index contributed by atoms with van der Waals surface area (Å²) in [5, 5.41) is 11.3. The fourth-order valence-electron chi connectivity index (χ4n) is 1.27. The Kier molecular flexibility index (Phi) is 6.19. The van der Waals surface area contributed by atoms with Crippen LogP contribution in [0.1, 0.15) is 20.8 Å². The summed E-state index contributed by atoms with van der Waals surface area (Å²) in [4.78, 5) is 34.3. The van der Waals surface area contributed by atoms with Gasteiger partial charge < -0.3 is 16.2 Å². The second kappa shape index (κ2) is 6.85. The molecule has 0 saturated heterocycles. The number of nitrogens with two attached hydrogens (primary N) is 1. The molecule has 0 aliphatic heterocycles. The number of carboxylic acid groups (broad SMARTS) is 1. The molecule has 0 aromatic rings. The minimum atomic E-state index is -1.12. The molecule has 4 N–H and O–H groups in total. The summed E-state index contributed by atoms with van der Waals surface area (Å²) < 4.78 is 0. The van der Waals surface area contributed by atoms with Crippen LogP contribution in [0.3, 0.4) is 0 Å². The van der Waals surface area contributed by atoms with Gasteiger partial charge >= 0.3 is 5.97 Å². The highest BCUT2D eigenvalue weighted by atomic mass is 16.4. The van der Waals surface area contributed by atoms with Crippen molar-refractivity contribution >= 4 is 17.8 Å². The summed E-state index contributed by atoms with van der Waals surface area (Å²) in [5.41, 5.74) is 5.00. The maximum absolute atomic E-state index is 11.7. The van der Waals surface area contributed by atoms with E-state index in [1.165, 1.54) is 11.8 Å². The first kappa shape index (κ1) is 15.4. The monoisotopic (exact) mass is 245 g/mol. The maximum atomic E-state index is 11.7. The van der Waals surface area contributed by atoms with Crippen molar-refractivity contribution in [1.82, 2.24) is 10.2 Å². The molecule has 7 nitrogen and oxygen atoms in total. The average Bonchev–Trinajstić information content (AvgIpc) is 2.12. The number of carboxylic acids is 1. The van der Waals surface area contributed by atoms with Gasteiger partial charge in [0.15, 0.2) is 0 Å². The molecule has 1 unspecified atom stereocenters. The zero-order valence-corrected chi connectivity index (χ0v) is 10.3. The number of hydrogen-bond acceptors (Lipinski definition) is 4. The van der Waals surface area contributed by atoms with Crippen molar-refractivity contribution in [1.29, 1.82) is 0 Å². The average molecular weight is 245 g/mol. The lowest BCUT2D eigenvalue weighted by molar-refractivity contribution is -0.140. The molecule has 98 valence electrons. The van der Waals surface area contributed by atoms with Crippen molar-refractivity contribution in [3.05, 3.63) is 0 Å². The Bertz CT molecular complexity index is 288. The number of hydrogen-bond donors (Lipinski definition) is 3. The predicted molar refractivity (Wildman–Crippen MR) is 61.1 cm³/mol. The number of nitrogens with zero attached hydrogens (tertiary/aromatic N) is 1. The first-order valence-electron chi connectivity index (χ1n) is 5.28. The second-order valence-electron chi connectivity index (χ2n) is 4.10. The molecule has 1 atom stereocenters. The molecular formula is C10H19N3O4. The van der Waals surface area contributed by atoms with E-state index in [0.717, 1.165) is 0 Å². The van der Waals surface area contributed by atoms with Crippen molar-refractivity contribution in [2.45, 2.75) is 32.9 Å². The van der Waals surface area contributed by atoms with E-state index >= 15 is 0 Å². The zero-order valence-electron chi connectivity index (χ0n) is 10.3. The van der Waals surface area contributed by atoms with Gasteiger partial charge in [-0.05, 0) is 20.8 Å². The van der Waals surface area contributed by atoms with Crippen LogP contribution in [-0.2, 0) is 14.4 Å². The molecule has 0 aromatic carbocycles. The van der Waals surface area contributed by atoms with Crippen LogP contribution in [0, 0.1) is 0 Å². The van der Waals surface area contributed by atoms with E-state index in [0.29, 0.717) is 0 Å². The third kappa shape index (κ3) is 6.52. The molecule has 0 radical (unpaired) electrons. The molecule has 0 aliphatic rings. The van der Waals surface area contributed by atoms with Gasteiger partial charge in [-0.1, -0.05) is 0 Å². The Morgan fingerprint density at radius 1 is 1.24 bits per heavy atom. The summed E-state index contributed by atoms with van der Waals surface area (Å²) >= 11 is 0. The summed E-state index contributed by atoms with van der Waals surface area (Å²) in [6.07, 6.45) is 0. The highest BCUT2D eigenvalue weighted by molar-refractivity contribution is 5.84. The van der Waals surface area contributed by atoms with E-state index < -0.39 is 24.5 Å². The van der Waals surface area contributed by atoms with E-state index in [1.807, 2.05) is 0 Å². The van der Waals surface area contributed by atoms with Crippen molar-refractivity contribution < 1.29 is 19.5 Å². The van der Waals surface area contributed by atoms with Crippen LogP contribution in [0.5, 0.6) is 0 Å². The Balaban J connectivity index is 4.60. The molecule has 0 aliphatic carbocycles. The first-order chi connectivity index (χ1) is 7.73. The van der Waals surface area contributed by atoms with E-state index in [9.17, 15) is 14.4 Å². The lowest BCUT2D eigenvalue weighted by Crippen LogP contribution is -2.51. The van der Waals surface area contributed by atoms with Crippen LogP contribution in [0.4, 0.5) is 0 Å². The number of carbonyl (C=O) groups excluding carboxylic acids is 2. The van der Waals surface area contributed by atoms with Gasteiger partial charge in [-0.3, -0.25) is 19.3 Å². The van der Waals surface area contributed by atoms with Gasteiger partial charge in [0.1, 0.15) is 0 Å². The fraction of sp³-hybridized carbons (Fsp3) is 0.700. The summed E-state index contributed by atoms with van der Waals surface area (Å²) in [6.45, 7) is 4.44. The topological polar surface area (TPSA) is 113 Å². The number of nitrogens with one attached hydrogen (secondary N) is 1. The molecule has 0 bridgehead atoms. The van der Waals surface area contributed by atoms with Gasteiger partial charge in [-0.15, -0.1) is 0 Å². The van der Waals surface area contributed by atoms with E-state index in [4.69, 9.17) is 10.8 Å². The molecule has 17 heavy (non-hydrogen) atoms. The maximum Gasteiger partial charge on any atom is 0.317 e. The Morgan fingerprint density at radius 3 is 2.12 bits per heavy atom. The largest absolute Gasteiger partial charge is 0.480 e. The second-order valence-corrected chi connectivity index (χ2v) is 4.10. The van der Waals surface area contributed by atoms with Gasteiger partial charge in [0, 0.05) is 6.04 Å². The summed E-state index contributed by atoms with van der Waals surface area (Å²) in [7, 11) is 0. The van der Waals surface area contributed by atoms with Crippen LogP contribution >= 0.6 is 0 Å². The Labute approximate surface area is 100.0 Å². The van der Waals surface area contributed by atoms with Crippen LogP contribution in [0.2, 0.25) is 0 Å².